The summed E-state index contributed by atoms with van der Waals surface area (Å²) < 4.78 is 17.5. The number of nitrogens with zero attached hydrogens (tertiary/aromatic N) is 1. The smallest absolute Gasteiger partial charge is 0.228 e. The molecular weight excluding hydrogens is 448 g/mol. The summed E-state index contributed by atoms with van der Waals surface area (Å²) in [6.45, 7) is 3.89. The van der Waals surface area contributed by atoms with Crippen molar-refractivity contribution in [1.82, 2.24) is 0 Å². The van der Waals surface area contributed by atoms with E-state index in [9.17, 15) is 4.79 Å². The molecular formula is C20H20BrClN2O4. The highest BCUT2D eigenvalue weighted by molar-refractivity contribution is 9.10. The molecule has 2 heterocycles. The fraction of sp³-hybridized carbons (Fsp3) is 0.350. The number of rotatable bonds is 4. The van der Waals surface area contributed by atoms with Crippen LogP contribution in [0.2, 0.25) is 5.02 Å². The van der Waals surface area contributed by atoms with Crippen molar-refractivity contribution in [2.24, 2.45) is 0 Å². The van der Waals surface area contributed by atoms with Gasteiger partial charge in [0.05, 0.1) is 36.0 Å². The Morgan fingerprint density at radius 2 is 1.89 bits per heavy atom. The van der Waals surface area contributed by atoms with Gasteiger partial charge in [0.1, 0.15) is 13.2 Å². The molecule has 6 nitrogen and oxygen atoms in total. The molecule has 0 spiro atoms. The summed E-state index contributed by atoms with van der Waals surface area (Å²) in [7, 11) is 0. The van der Waals surface area contributed by atoms with Crippen molar-refractivity contribution >= 4 is 44.8 Å². The van der Waals surface area contributed by atoms with Crippen molar-refractivity contribution in [3.8, 4) is 11.5 Å². The lowest BCUT2D eigenvalue weighted by Gasteiger charge is -2.30. The SMILES string of the molecule is O=C(Cc1cc(Cl)c2c(c1)OCCO2)Nc1cc(Br)ccc1N1CCOCC1. The maximum atomic E-state index is 12.7. The van der Waals surface area contributed by atoms with E-state index in [1.807, 2.05) is 24.3 Å². The van der Waals surface area contributed by atoms with E-state index in [2.05, 4.69) is 26.1 Å². The molecule has 1 fully saturated rings. The van der Waals surface area contributed by atoms with E-state index in [-0.39, 0.29) is 12.3 Å². The molecule has 148 valence electrons. The maximum absolute atomic E-state index is 12.7. The van der Waals surface area contributed by atoms with Crippen molar-refractivity contribution in [3.63, 3.8) is 0 Å². The number of halogens is 2. The van der Waals surface area contributed by atoms with Gasteiger partial charge in [-0.2, -0.15) is 0 Å². The highest BCUT2D eigenvalue weighted by Gasteiger charge is 2.19. The largest absolute Gasteiger partial charge is 0.486 e. The predicted molar refractivity (Wildman–Crippen MR) is 112 cm³/mol. The molecule has 4 rings (SSSR count). The number of nitrogens with one attached hydrogen (secondary N) is 1. The number of anilines is 2. The van der Waals surface area contributed by atoms with Crippen molar-refractivity contribution in [2.75, 3.05) is 49.7 Å². The topological polar surface area (TPSA) is 60.0 Å². The van der Waals surface area contributed by atoms with Crippen LogP contribution in [-0.4, -0.2) is 45.4 Å². The van der Waals surface area contributed by atoms with Gasteiger partial charge in [-0.1, -0.05) is 27.5 Å². The average Bonchev–Trinajstić information content (AvgIpc) is 2.69. The molecule has 0 radical (unpaired) electrons. The van der Waals surface area contributed by atoms with Crippen molar-refractivity contribution in [1.29, 1.82) is 0 Å². The second-order valence-corrected chi connectivity index (χ2v) is 7.91. The first-order valence-electron chi connectivity index (χ1n) is 9.10. The molecule has 0 aromatic heterocycles. The fourth-order valence-corrected chi connectivity index (χ4v) is 3.98. The number of benzene rings is 2. The summed E-state index contributed by atoms with van der Waals surface area (Å²) in [5.41, 5.74) is 2.53. The van der Waals surface area contributed by atoms with Gasteiger partial charge >= 0.3 is 0 Å². The van der Waals surface area contributed by atoms with Crippen molar-refractivity contribution in [3.05, 3.63) is 45.4 Å². The summed E-state index contributed by atoms with van der Waals surface area (Å²) in [4.78, 5) is 14.9. The van der Waals surface area contributed by atoms with E-state index in [1.165, 1.54) is 0 Å². The number of amides is 1. The molecule has 2 aliphatic heterocycles. The third-order valence-electron chi connectivity index (χ3n) is 4.61. The first-order chi connectivity index (χ1) is 13.6. The molecule has 2 aliphatic rings. The number of morpholine rings is 1. The molecule has 0 atom stereocenters. The summed E-state index contributed by atoms with van der Waals surface area (Å²) in [6, 6.07) is 9.45. The normalized spacial score (nSPS) is 16.0. The zero-order valence-electron chi connectivity index (χ0n) is 15.2. The Morgan fingerprint density at radius 3 is 2.71 bits per heavy atom. The third kappa shape index (κ3) is 4.37. The van der Waals surface area contributed by atoms with Gasteiger partial charge in [0, 0.05) is 17.6 Å². The van der Waals surface area contributed by atoms with Gasteiger partial charge < -0.3 is 24.4 Å². The van der Waals surface area contributed by atoms with Crippen LogP contribution in [0.25, 0.3) is 0 Å². The molecule has 1 N–H and O–H groups in total. The molecule has 28 heavy (non-hydrogen) atoms. The van der Waals surface area contributed by atoms with Gasteiger partial charge in [0.25, 0.3) is 0 Å². The minimum atomic E-state index is -0.125. The Morgan fingerprint density at radius 1 is 1.11 bits per heavy atom. The van der Waals surface area contributed by atoms with E-state index in [0.717, 1.165) is 34.5 Å². The third-order valence-corrected chi connectivity index (χ3v) is 5.38. The number of carbonyl (C=O) groups is 1. The lowest BCUT2D eigenvalue weighted by atomic mass is 10.1. The van der Waals surface area contributed by atoms with E-state index in [0.29, 0.717) is 42.9 Å². The first-order valence-corrected chi connectivity index (χ1v) is 10.3. The highest BCUT2D eigenvalue weighted by atomic mass is 79.9. The van der Waals surface area contributed by atoms with Crippen LogP contribution < -0.4 is 19.7 Å². The zero-order chi connectivity index (χ0) is 19.5. The van der Waals surface area contributed by atoms with Crippen LogP contribution >= 0.6 is 27.5 Å². The Balaban J connectivity index is 1.51. The molecule has 2 aromatic carbocycles. The van der Waals surface area contributed by atoms with Gasteiger partial charge in [-0.3, -0.25) is 4.79 Å². The maximum Gasteiger partial charge on any atom is 0.228 e. The minimum Gasteiger partial charge on any atom is -0.486 e. The molecule has 0 bridgehead atoms. The van der Waals surface area contributed by atoms with Crippen LogP contribution in [0, 0.1) is 0 Å². The molecule has 8 heteroatoms. The lowest BCUT2D eigenvalue weighted by Crippen LogP contribution is -2.36. The van der Waals surface area contributed by atoms with Crippen molar-refractivity contribution < 1.29 is 19.0 Å². The highest BCUT2D eigenvalue weighted by Crippen LogP contribution is 2.38. The standard InChI is InChI=1S/C20H20BrClN2O4/c21-14-1-2-17(24-3-5-26-6-4-24)16(12-14)23-19(25)11-13-9-15(22)20-18(10-13)27-7-8-28-20/h1-2,9-10,12H,3-8,11H2,(H,23,25). The molecule has 2 aromatic rings. The number of carbonyl (C=O) groups excluding carboxylic acids is 1. The van der Waals surface area contributed by atoms with Crippen LogP contribution in [-0.2, 0) is 16.0 Å². The van der Waals surface area contributed by atoms with Crippen LogP contribution in [0.3, 0.4) is 0 Å². The zero-order valence-corrected chi connectivity index (χ0v) is 17.5. The van der Waals surface area contributed by atoms with E-state index >= 15 is 0 Å². The lowest BCUT2D eigenvalue weighted by molar-refractivity contribution is -0.115. The number of fused-ring (bicyclic) bond motifs is 1. The molecule has 1 amide bonds. The van der Waals surface area contributed by atoms with Crippen LogP contribution in [0.1, 0.15) is 5.56 Å². The molecule has 0 unspecified atom stereocenters. The summed E-state index contributed by atoms with van der Waals surface area (Å²) in [5, 5.41) is 3.49. The van der Waals surface area contributed by atoms with Gasteiger partial charge in [-0.25, -0.2) is 0 Å². The van der Waals surface area contributed by atoms with Crippen LogP contribution in [0.15, 0.2) is 34.8 Å². The molecule has 0 saturated carbocycles. The minimum absolute atomic E-state index is 0.125. The van der Waals surface area contributed by atoms with E-state index in [4.69, 9.17) is 25.8 Å². The average molecular weight is 468 g/mol. The first kappa shape index (κ1) is 19.4. The predicted octanol–water partition coefficient (Wildman–Crippen LogP) is 3.89. The molecule has 0 aliphatic carbocycles. The van der Waals surface area contributed by atoms with Gasteiger partial charge in [0.2, 0.25) is 5.91 Å². The van der Waals surface area contributed by atoms with Crippen LogP contribution in [0.5, 0.6) is 11.5 Å². The number of hydrogen-bond acceptors (Lipinski definition) is 5. The second-order valence-electron chi connectivity index (χ2n) is 6.59. The van der Waals surface area contributed by atoms with Gasteiger partial charge in [0.15, 0.2) is 11.5 Å². The Kier molecular flexibility index (Phi) is 5.94. The quantitative estimate of drug-likeness (QED) is 0.739. The monoisotopic (exact) mass is 466 g/mol. The van der Waals surface area contributed by atoms with Crippen molar-refractivity contribution in [2.45, 2.75) is 6.42 Å². The summed E-state index contributed by atoms with van der Waals surface area (Å²) >= 11 is 9.76. The number of hydrogen-bond donors (Lipinski definition) is 1. The van der Waals surface area contributed by atoms with Gasteiger partial charge in [-0.05, 0) is 35.9 Å². The summed E-state index contributed by atoms with van der Waals surface area (Å²) in [6.07, 6.45) is 0.186. The van der Waals surface area contributed by atoms with Crippen LogP contribution in [0.4, 0.5) is 11.4 Å². The summed E-state index contributed by atoms with van der Waals surface area (Å²) in [5.74, 6) is 0.997. The Labute approximate surface area is 176 Å². The second kappa shape index (κ2) is 8.59. The fourth-order valence-electron chi connectivity index (χ4n) is 3.33. The number of ether oxygens (including phenoxy) is 3. The Bertz CT molecular complexity index is 887. The Hall–Kier alpha value is -1.96. The molecule has 1 saturated heterocycles. The van der Waals surface area contributed by atoms with E-state index in [1.54, 1.807) is 6.07 Å². The van der Waals surface area contributed by atoms with E-state index < -0.39 is 0 Å². The van der Waals surface area contributed by atoms with Gasteiger partial charge in [-0.15, -0.1) is 0 Å².